The van der Waals surface area contributed by atoms with Gasteiger partial charge in [0.15, 0.2) is 0 Å². The smallest absolute Gasteiger partial charge is 0.0647 e. The largest absolute Gasteiger partial charge is 0.398 e. The fourth-order valence-electron chi connectivity index (χ4n) is 5.08. The minimum Gasteiger partial charge on any atom is -0.398 e. The van der Waals surface area contributed by atoms with Gasteiger partial charge < -0.3 is 10.6 Å². The molecule has 0 radical (unpaired) electrons. The van der Waals surface area contributed by atoms with Gasteiger partial charge in [-0.2, -0.15) is 11.3 Å². The first-order chi connectivity index (χ1) is 19.4. The van der Waals surface area contributed by atoms with Crippen molar-refractivity contribution in [2.24, 2.45) is 0 Å². The van der Waals surface area contributed by atoms with Gasteiger partial charge in [0.25, 0.3) is 0 Å². The highest BCUT2D eigenvalue weighted by molar-refractivity contribution is 7.09. The second-order valence-electron chi connectivity index (χ2n) is 11.0. The van der Waals surface area contributed by atoms with Crippen molar-refractivity contribution >= 4 is 45.4 Å². The van der Waals surface area contributed by atoms with Crippen molar-refractivity contribution in [3.63, 3.8) is 0 Å². The summed E-state index contributed by atoms with van der Waals surface area (Å²) < 4.78 is 0. The molecule has 0 unspecified atom stereocenters. The first-order valence-corrected chi connectivity index (χ1v) is 15.3. The Morgan fingerprint density at radius 2 is 1.07 bits per heavy atom. The maximum Gasteiger partial charge on any atom is 0.0647 e. The standard InChI is InChI=1S/C36H32N2S2/c1-36(2,3)27-18-19-34(37)30(20-27)33-23-39-21-31(33)25-14-16-26(17-15-25)32-22-40-24-35(32)38(28-10-6-4-7-11-28)29-12-8-5-9-13-29/h4-24H,37H2,1-3H3. The molecular weight excluding hydrogens is 525 g/mol. The highest BCUT2D eigenvalue weighted by Gasteiger charge is 2.20. The first-order valence-electron chi connectivity index (χ1n) is 13.4. The Labute approximate surface area is 245 Å². The van der Waals surface area contributed by atoms with Gasteiger partial charge in [-0.25, -0.2) is 0 Å². The Morgan fingerprint density at radius 1 is 0.550 bits per heavy atom. The first kappa shape index (κ1) is 26.1. The van der Waals surface area contributed by atoms with Gasteiger partial charge in [0, 0.05) is 50.1 Å². The van der Waals surface area contributed by atoms with Crippen LogP contribution in [0.2, 0.25) is 0 Å². The molecule has 4 aromatic carbocycles. The van der Waals surface area contributed by atoms with Crippen LogP contribution in [0.4, 0.5) is 22.7 Å². The molecule has 0 atom stereocenters. The number of hydrogen-bond acceptors (Lipinski definition) is 4. The fourth-order valence-corrected chi connectivity index (χ4v) is 6.75. The maximum atomic E-state index is 6.50. The van der Waals surface area contributed by atoms with Crippen LogP contribution in [0.3, 0.4) is 0 Å². The molecule has 2 nitrogen and oxygen atoms in total. The number of anilines is 4. The van der Waals surface area contributed by atoms with Crippen LogP contribution >= 0.6 is 22.7 Å². The van der Waals surface area contributed by atoms with Crippen molar-refractivity contribution in [1.82, 2.24) is 0 Å². The van der Waals surface area contributed by atoms with Crippen molar-refractivity contribution in [2.45, 2.75) is 26.2 Å². The van der Waals surface area contributed by atoms with Crippen molar-refractivity contribution in [2.75, 3.05) is 10.6 Å². The normalized spacial score (nSPS) is 11.5. The van der Waals surface area contributed by atoms with Crippen LogP contribution < -0.4 is 10.6 Å². The van der Waals surface area contributed by atoms with Gasteiger partial charge in [0.2, 0.25) is 0 Å². The summed E-state index contributed by atoms with van der Waals surface area (Å²) in [6, 6.07) is 36.5. The lowest BCUT2D eigenvalue weighted by Gasteiger charge is -2.25. The van der Waals surface area contributed by atoms with E-state index in [1.165, 1.54) is 39.1 Å². The van der Waals surface area contributed by atoms with Crippen LogP contribution in [-0.4, -0.2) is 0 Å². The monoisotopic (exact) mass is 556 g/mol. The Balaban J connectivity index is 1.38. The average Bonchev–Trinajstić information content (AvgIpc) is 3.65. The van der Waals surface area contributed by atoms with E-state index in [2.05, 4.69) is 144 Å². The van der Waals surface area contributed by atoms with E-state index in [0.29, 0.717) is 0 Å². The van der Waals surface area contributed by atoms with Crippen LogP contribution in [-0.2, 0) is 5.41 Å². The molecule has 2 aromatic heterocycles. The minimum atomic E-state index is 0.0614. The third-order valence-electron chi connectivity index (χ3n) is 7.29. The van der Waals surface area contributed by atoms with Crippen LogP contribution in [0.1, 0.15) is 26.3 Å². The number of nitrogens with zero attached hydrogens (tertiary/aromatic N) is 1. The summed E-state index contributed by atoms with van der Waals surface area (Å²) in [4.78, 5) is 2.34. The molecule has 0 fully saturated rings. The molecule has 0 saturated heterocycles. The zero-order chi connectivity index (χ0) is 27.7. The second-order valence-corrected chi connectivity index (χ2v) is 12.5. The third-order valence-corrected chi connectivity index (χ3v) is 8.76. The van der Waals surface area contributed by atoms with Gasteiger partial charge in [-0.05, 0) is 69.3 Å². The van der Waals surface area contributed by atoms with E-state index in [4.69, 9.17) is 5.73 Å². The van der Waals surface area contributed by atoms with Crippen LogP contribution in [0.25, 0.3) is 33.4 Å². The Kier molecular flexibility index (Phi) is 7.05. The van der Waals surface area contributed by atoms with E-state index in [1.54, 1.807) is 22.7 Å². The Bertz CT molecular complexity index is 1680. The van der Waals surface area contributed by atoms with Crippen molar-refractivity contribution in [3.05, 3.63) is 130 Å². The molecule has 2 heterocycles. The molecule has 0 spiro atoms. The molecule has 0 saturated carbocycles. The van der Waals surface area contributed by atoms with Crippen LogP contribution in [0.5, 0.6) is 0 Å². The van der Waals surface area contributed by atoms with Gasteiger partial charge in [-0.15, -0.1) is 11.3 Å². The molecule has 4 heteroatoms. The average molecular weight is 557 g/mol. The lowest BCUT2D eigenvalue weighted by molar-refractivity contribution is 0.590. The van der Waals surface area contributed by atoms with Gasteiger partial charge >= 0.3 is 0 Å². The van der Waals surface area contributed by atoms with Crippen LogP contribution in [0, 0.1) is 0 Å². The topological polar surface area (TPSA) is 29.3 Å². The van der Waals surface area contributed by atoms with Crippen molar-refractivity contribution in [1.29, 1.82) is 0 Å². The number of thiophene rings is 2. The van der Waals surface area contributed by atoms with E-state index >= 15 is 0 Å². The summed E-state index contributed by atoms with van der Waals surface area (Å²) in [7, 11) is 0. The van der Waals surface area contributed by atoms with E-state index < -0.39 is 0 Å². The molecule has 198 valence electrons. The summed E-state index contributed by atoms with van der Waals surface area (Å²) >= 11 is 3.45. The van der Waals surface area contributed by atoms with Gasteiger partial charge in [0.1, 0.15) is 0 Å². The molecule has 0 aliphatic rings. The molecular formula is C36H32N2S2. The summed E-state index contributed by atoms with van der Waals surface area (Å²) in [5.41, 5.74) is 19.3. The number of nitrogen functional groups attached to an aromatic ring is 1. The number of hydrogen-bond donors (Lipinski definition) is 1. The SMILES string of the molecule is CC(C)(C)c1ccc(N)c(-c2cscc2-c2ccc(-c3cscc3N(c3ccccc3)c3ccccc3)cc2)c1. The van der Waals surface area contributed by atoms with Gasteiger partial charge in [0.05, 0.1) is 5.69 Å². The molecule has 6 rings (SSSR count). The molecule has 2 N–H and O–H groups in total. The lowest BCUT2D eigenvalue weighted by Crippen LogP contribution is -2.11. The zero-order valence-corrected chi connectivity index (χ0v) is 24.6. The quantitative estimate of drug-likeness (QED) is 0.207. The molecule has 0 aliphatic heterocycles. The van der Waals surface area contributed by atoms with Gasteiger partial charge in [-0.3, -0.25) is 0 Å². The molecule has 0 aliphatic carbocycles. The summed E-state index contributed by atoms with van der Waals surface area (Å²) in [5, 5.41) is 8.94. The third kappa shape index (κ3) is 5.08. The predicted molar refractivity (Wildman–Crippen MR) is 176 cm³/mol. The number of nitrogens with two attached hydrogens (primary N) is 1. The Hall–Kier alpha value is -4.12. The zero-order valence-electron chi connectivity index (χ0n) is 23.0. The summed E-state index contributed by atoms with van der Waals surface area (Å²) in [6.45, 7) is 6.72. The predicted octanol–water partition coefficient (Wildman–Crippen LogP) is 11.2. The van der Waals surface area contributed by atoms with E-state index in [0.717, 1.165) is 22.6 Å². The summed E-state index contributed by atoms with van der Waals surface area (Å²) in [6.07, 6.45) is 0. The summed E-state index contributed by atoms with van der Waals surface area (Å²) in [5.74, 6) is 0. The highest BCUT2D eigenvalue weighted by atomic mass is 32.1. The minimum absolute atomic E-state index is 0.0614. The van der Waals surface area contributed by atoms with E-state index in [-0.39, 0.29) is 5.41 Å². The number of rotatable bonds is 6. The van der Waals surface area contributed by atoms with E-state index in [9.17, 15) is 0 Å². The highest BCUT2D eigenvalue weighted by Crippen LogP contribution is 2.44. The number of benzene rings is 4. The van der Waals surface area contributed by atoms with Crippen molar-refractivity contribution in [3.8, 4) is 33.4 Å². The van der Waals surface area contributed by atoms with Crippen molar-refractivity contribution < 1.29 is 0 Å². The van der Waals surface area contributed by atoms with Crippen LogP contribution in [0.15, 0.2) is 125 Å². The van der Waals surface area contributed by atoms with E-state index in [1.807, 2.05) is 6.07 Å². The molecule has 40 heavy (non-hydrogen) atoms. The van der Waals surface area contributed by atoms with Gasteiger partial charge in [-0.1, -0.05) is 87.5 Å². The lowest BCUT2D eigenvalue weighted by atomic mass is 9.84. The Morgan fingerprint density at radius 3 is 1.68 bits per heavy atom. The molecule has 6 aromatic rings. The number of para-hydroxylation sites is 2. The second kappa shape index (κ2) is 10.8. The fraction of sp³-hybridized carbons (Fsp3) is 0.111. The molecule has 0 amide bonds. The maximum absolute atomic E-state index is 6.50. The molecule has 0 bridgehead atoms.